The number of para-hydroxylation sites is 1. The van der Waals surface area contributed by atoms with Crippen molar-refractivity contribution in [1.29, 1.82) is 0 Å². The SMILES string of the molecule is COc1cccc(C(=O)NCC2(c3cccs3)CCCC2)c1OC. The van der Waals surface area contributed by atoms with Crippen molar-refractivity contribution in [3.63, 3.8) is 0 Å². The molecule has 128 valence electrons. The smallest absolute Gasteiger partial charge is 0.255 e. The molecule has 0 aliphatic heterocycles. The van der Waals surface area contributed by atoms with Crippen LogP contribution in [0.2, 0.25) is 0 Å². The first-order chi connectivity index (χ1) is 11.7. The summed E-state index contributed by atoms with van der Waals surface area (Å²) >= 11 is 1.78. The second-order valence-corrected chi connectivity index (χ2v) is 7.14. The van der Waals surface area contributed by atoms with Crippen LogP contribution in [0, 0.1) is 0 Å². The van der Waals surface area contributed by atoms with Crippen LogP contribution in [0.3, 0.4) is 0 Å². The van der Waals surface area contributed by atoms with Crippen LogP contribution in [0.25, 0.3) is 0 Å². The lowest BCUT2D eigenvalue weighted by Gasteiger charge is -2.28. The molecule has 1 amide bonds. The maximum absolute atomic E-state index is 12.7. The summed E-state index contributed by atoms with van der Waals surface area (Å²) in [7, 11) is 3.13. The molecule has 0 spiro atoms. The second kappa shape index (κ2) is 7.26. The first kappa shape index (κ1) is 16.8. The molecule has 1 aromatic heterocycles. The maximum atomic E-state index is 12.7. The zero-order chi connectivity index (χ0) is 17.0. The van der Waals surface area contributed by atoms with Crippen LogP contribution >= 0.6 is 11.3 Å². The summed E-state index contributed by atoms with van der Waals surface area (Å²) in [6, 6.07) is 9.64. The Kier molecular flexibility index (Phi) is 5.09. The quantitative estimate of drug-likeness (QED) is 0.860. The largest absolute Gasteiger partial charge is 0.493 e. The van der Waals surface area contributed by atoms with E-state index in [0.29, 0.717) is 23.6 Å². The van der Waals surface area contributed by atoms with Gasteiger partial charge in [0.15, 0.2) is 11.5 Å². The number of nitrogens with one attached hydrogen (secondary N) is 1. The highest BCUT2D eigenvalue weighted by atomic mass is 32.1. The van der Waals surface area contributed by atoms with E-state index >= 15 is 0 Å². The predicted octanol–water partition coefficient (Wildman–Crippen LogP) is 4.01. The van der Waals surface area contributed by atoms with Gasteiger partial charge in [-0.1, -0.05) is 25.0 Å². The third-order valence-corrected chi connectivity index (χ3v) is 5.96. The van der Waals surface area contributed by atoms with Crippen molar-refractivity contribution in [2.24, 2.45) is 0 Å². The minimum Gasteiger partial charge on any atom is -0.493 e. The van der Waals surface area contributed by atoms with E-state index in [1.54, 1.807) is 43.8 Å². The average Bonchev–Trinajstić information content (AvgIpc) is 3.30. The van der Waals surface area contributed by atoms with Crippen LogP contribution in [0.4, 0.5) is 0 Å². The Morgan fingerprint density at radius 1 is 1.17 bits per heavy atom. The van der Waals surface area contributed by atoms with Crippen LogP contribution < -0.4 is 14.8 Å². The fraction of sp³-hybridized carbons (Fsp3) is 0.421. The number of methoxy groups -OCH3 is 2. The summed E-state index contributed by atoms with van der Waals surface area (Å²) in [5.74, 6) is 0.932. The number of rotatable bonds is 6. The van der Waals surface area contributed by atoms with Crippen molar-refractivity contribution >= 4 is 17.2 Å². The predicted molar refractivity (Wildman–Crippen MR) is 96.3 cm³/mol. The minimum absolute atomic E-state index is 0.0793. The third-order valence-electron chi connectivity index (χ3n) is 4.84. The minimum atomic E-state index is -0.117. The molecule has 1 aliphatic rings. The zero-order valence-electron chi connectivity index (χ0n) is 14.1. The molecular weight excluding hydrogens is 322 g/mol. The zero-order valence-corrected chi connectivity index (χ0v) is 14.9. The Morgan fingerprint density at radius 3 is 2.58 bits per heavy atom. The van der Waals surface area contributed by atoms with Gasteiger partial charge in [0.1, 0.15) is 0 Å². The molecule has 0 saturated heterocycles. The first-order valence-electron chi connectivity index (χ1n) is 8.23. The van der Waals surface area contributed by atoms with Gasteiger partial charge in [0.25, 0.3) is 5.91 Å². The van der Waals surface area contributed by atoms with E-state index in [1.807, 2.05) is 0 Å². The molecule has 0 unspecified atom stereocenters. The number of amides is 1. The highest BCUT2D eigenvalue weighted by Crippen LogP contribution is 2.42. The van der Waals surface area contributed by atoms with Gasteiger partial charge in [-0.3, -0.25) is 4.79 Å². The molecular formula is C19H23NO3S. The van der Waals surface area contributed by atoms with Crippen LogP contribution in [0.15, 0.2) is 35.7 Å². The van der Waals surface area contributed by atoms with Gasteiger partial charge < -0.3 is 14.8 Å². The van der Waals surface area contributed by atoms with Gasteiger partial charge in [-0.15, -0.1) is 11.3 Å². The Morgan fingerprint density at radius 2 is 1.96 bits per heavy atom. The standard InChI is InChI=1S/C19H23NO3S/c1-22-15-8-5-7-14(17(15)23-2)18(21)20-13-19(10-3-4-11-19)16-9-6-12-24-16/h5-9,12H,3-4,10-11,13H2,1-2H3,(H,20,21). The van der Waals surface area contributed by atoms with Gasteiger partial charge >= 0.3 is 0 Å². The molecule has 1 aromatic carbocycles. The molecule has 1 aliphatic carbocycles. The van der Waals surface area contributed by atoms with Gasteiger partial charge in [0.2, 0.25) is 0 Å². The fourth-order valence-electron chi connectivity index (χ4n) is 3.55. The summed E-state index contributed by atoms with van der Waals surface area (Å²) in [4.78, 5) is 14.1. The number of hydrogen-bond acceptors (Lipinski definition) is 4. The monoisotopic (exact) mass is 345 g/mol. The molecule has 1 fully saturated rings. The normalized spacial score (nSPS) is 15.9. The van der Waals surface area contributed by atoms with Crippen molar-refractivity contribution in [3.05, 3.63) is 46.2 Å². The summed E-state index contributed by atoms with van der Waals surface area (Å²) < 4.78 is 10.7. The molecule has 4 nitrogen and oxygen atoms in total. The van der Waals surface area contributed by atoms with Crippen molar-refractivity contribution in [1.82, 2.24) is 5.32 Å². The Balaban J connectivity index is 1.78. The van der Waals surface area contributed by atoms with E-state index < -0.39 is 0 Å². The van der Waals surface area contributed by atoms with E-state index in [-0.39, 0.29) is 11.3 Å². The number of hydrogen-bond donors (Lipinski definition) is 1. The number of carbonyl (C=O) groups excluding carboxylic acids is 1. The molecule has 5 heteroatoms. The summed E-state index contributed by atoms with van der Waals surface area (Å²) in [5, 5.41) is 5.24. The number of ether oxygens (including phenoxy) is 2. The van der Waals surface area contributed by atoms with Crippen LogP contribution in [-0.4, -0.2) is 26.7 Å². The molecule has 0 atom stereocenters. The van der Waals surface area contributed by atoms with Crippen molar-refractivity contribution in [2.75, 3.05) is 20.8 Å². The lowest BCUT2D eigenvalue weighted by atomic mass is 9.84. The molecule has 3 rings (SSSR count). The van der Waals surface area contributed by atoms with Gasteiger partial charge in [0.05, 0.1) is 19.8 Å². The summed E-state index contributed by atoms with van der Waals surface area (Å²) in [6.07, 6.45) is 4.69. The lowest BCUT2D eigenvalue weighted by Crippen LogP contribution is -2.38. The van der Waals surface area contributed by atoms with E-state index in [0.717, 1.165) is 12.8 Å². The van der Waals surface area contributed by atoms with Gasteiger partial charge in [0, 0.05) is 16.8 Å². The topological polar surface area (TPSA) is 47.6 Å². The van der Waals surface area contributed by atoms with Crippen LogP contribution in [0.5, 0.6) is 11.5 Å². The van der Waals surface area contributed by atoms with Gasteiger partial charge in [-0.2, -0.15) is 0 Å². The Labute approximate surface area is 146 Å². The molecule has 1 N–H and O–H groups in total. The van der Waals surface area contributed by atoms with Gasteiger partial charge in [-0.05, 0) is 36.4 Å². The second-order valence-electron chi connectivity index (χ2n) is 6.19. The van der Waals surface area contributed by atoms with Crippen molar-refractivity contribution < 1.29 is 14.3 Å². The number of thiophene rings is 1. The van der Waals surface area contributed by atoms with Crippen molar-refractivity contribution in [3.8, 4) is 11.5 Å². The van der Waals surface area contributed by atoms with E-state index in [4.69, 9.17) is 9.47 Å². The highest BCUT2D eigenvalue weighted by molar-refractivity contribution is 7.10. The average molecular weight is 345 g/mol. The number of benzene rings is 1. The van der Waals surface area contributed by atoms with Crippen LogP contribution in [0.1, 0.15) is 40.9 Å². The third kappa shape index (κ3) is 3.13. The van der Waals surface area contributed by atoms with E-state index in [2.05, 4.69) is 22.8 Å². The molecule has 0 radical (unpaired) electrons. The summed E-state index contributed by atoms with van der Waals surface area (Å²) in [5.41, 5.74) is 0.590. The van der Waals surface area contributed by atoms with Gasteiger partial charge in [-0.25, -0.2) is 0 Å². The maximum Gasteiger partial charge on any atom is 0.255 e. The van der Waals surface area contributed by atoms with E-state index in [9.17, 15) is 4.79 Å². The lowest BCUT2D eigenvalue weighted by molar-refractivity contribution is 0.0939. The molecule has 24 heavy (non-hydrogen) atoms. The number of carbonyl (C=O) groups is 1. The van der Waals surface area contributed by atoms with Crippen molar-refractivity contribution in [2.45, 2.75) is 31.1 Å². The fourth-order valence-corrected chi connectivity index (χ4v) is 4.54. The molecule has 1 saturated carbocycles. The first-order valence-corrected chi connectivity index (χ1v) is 9.11. The Hall–Kier alpha value is -2.01. The molecule has 2 aromatic rings. The molecule has 1 heterocycles. The Bertz CT molecular complexity index is 691. The molecule has 0 bridgehead atoms. The highest BCUT2D eigenvalue weighted by Gasteiger charge is 2.37. The van der Waals surface area contributed by atoms with E-state index in [1.165, 1.54) is 17.7 Å². The van der Waals surface area contributed by atoms with Crippen LogP contribution in [-0.2, 0) is 5.41 Å². The summed E-state index contributed by atoms with van der Waals surface area (Å²) in [6.45, 7) is 0.659.